The topological polar surface area (TPSA) is 88.3 Å². The molecule has 1 amide bonds. The molecule has 0 aliphatic heterocycles. The number of benzene rings is 1. The predicted molar refractivity (Wildman–Crippen MR) is 94.4 cm³/mol. The number of nitrogens with zero attached hydrogens (tertiary/aromatic N) is 2. The maximum atomic E-state index is 14.2. The number of anilines is 1. The summed E-state index contributed by atoms with van der Waals surface area (Å²) in [4.78, 5) is 19.8. The minimum Gasteiger partial charge on any atom is -0.504 e. The normalized spacial score (nSPS) is 11.3. The molecule has 2 bridgehead atoms. The van der Waals surface area contributed by atoms with Crippen LogP contribution in [0, 0.1) is 11.8 Å². The third-order valence-electron chi connectivity index (χ3n) is 3.83. The van der Waals surface area contributed by atoms with Crippen LogP contribution in [-0.2, 0) is 0 Å². The molecule has 4 heterocycles. The number of aromatic hydroxyl groups is 1. The lowest BCUT2D eigenvalue weighted by molar-refractivity contribution is 0.102. The number of halogens is 4. The zero-order valence-electron chi connectivity index (χ0n) is 13.1. The number of fused-ring (bicyclic) bond motifs is 2. The van der Waals surface area contributed by atoms with Gasteiger partial charge >= 0.3 is 0 Å². The average molecular weight is 410 g/mol. The highest BCUT2D eigenvalue weighted by molar-refractivity contribution is 6.41. The van der Waals surface area contributed by atoms with E-state index in [1.165, 1.54) is 24.4 Å². The zero-order chi connectivity index (χ0) is 19.3. The first kappa shape index (κ1) is 17.4. The van der Waals surface area contributed by atoms with Gasteiger partial charge in [-0.05, 0) is 12.1 Å². The van der Waals surface area contributed by atoms with Gasteiger partial charge < -0.3 is 14.8 Å². The second-order valence-electron chi connectivity index (χ2n) is 5.49. The van der Waals surface area contributed by atoms with Gasteiger partial charge in [-0.3, -0.25) is 4.79 Å². The number of hydrogen-bond donors (Lipinski definition) is 2. The van der Waals surface area contributed by atoms with Crippen LogP contribution in [0.4, 0.5) is 14.5 Å². The van der Waals surface area contributed by atoms with Gasteiger partial charge in [-0.15, -0.1) is 0 Å². The quantitative estimate of drug-likeness (QED) is 0.471. The van der Waals surface area contributed by atoms with Crippen molar-refractivity contribution in [1.29, 1.82) is 0 Å². The van der Waals surface area contributed by atoms with E-state index in [1.807, 2.05) is 0 Å². The number of nitrogens with one attached hydrogen (secondary N) is 1. The number of pyridine rings is 2. The van der Waals surface area contributed by atoms with Gasteiger partial charge in [0.1, 0.15) is 10.7 Å². The summed E-state index contributed by atoms with van der Waals surface area (Å²) in [6, 6.07) is 3.75. The monoisotopic (exact) mass is 409 g/mol. The summed E-state index contributed by atoms with van der Waals surface area (Å²) in [6.07, 6.45) is 2.31. The van der Waals surface area contributed by atoms with Gasteiger partial charge in [-0.2, -0.15) is 4.39 Å². The Kier molecular flexibility index (Phi) is 4.09. The van der Waals surface area contributed by atoms with Crippen molar-refractivity contribution in [2.75, 3.05) is 5.32 Å². The fourth-order valence-corrected chi connectivity index (χ4v) is 2.97. The van der Waals surface area contributed by atoms with Crippen LogP contribution in [0.2, 0.25) is 10.2 Å². The summed E-state index contributed by atoms with van der Waals surface area (Å²) in [7, 11) is 0. The number of phenolic OH excluding ortho intramolecular Hbond substituents is 1. The Morgan fingerprint density at radius 3 is 2.74 bits per heavy atom. The zero-order valence-corrected chi connectivity index (χ0v) is 14.6. The van der Waals surface area contributed by atoms with Crippen molar-refractivity contribution in [2.24, 2.45) is 0 Å². The van der Waals surface area contributed by atoms with E-state index in [-0.39, 0.29) is 49.5 Å². The van der Waals surface area contributed by atoms with E-state index in [0.29, 0.717) is 0 Å². The number of furan rings is 2. The summed E-state index contributed by atoms with van der Waals surface area (Å²) >= 11 is 11.6. The molecule has 27 heavy (non-hydrogen) atoms. The largest absolute Gasteiger partial charge is 0.504 e. The SMILES string of the molecule is O=C(Nc1cnc(Cl)c(Cl)c1)c1c(-c2ccnc(F)c2F)c2oc1cc2O. The van der Waals surface area contributed by atoms with Gasteiger partial charge in [-0.25, -0.2) is 14.4 Å². The Labute approximate surface area is 159 Å². The summed E-state index contributed by atoms with van der Waals surface area (Å²) in [5.74, 6) is -3.61. The van der Waals surface area contributed by atoms with Crippen LogP contribution in [0.15, 0.2) is 35.0 Å². The molecule has 0 atom stereocenters. The predicted octanol–water partition coefficient (Wildman–Crippen LogP) is 4.87. The van der Waals surface area contributed by atoms with Crippen molar-refractivity contribution in [1.82, 2.24) is 9.97 Å². The van der Waals surface area contributed by atoms with Crippen LogP contribution in [0.5, 0.6) is 5.75 Å². The standard InChI is InChI=1S/C17H7Cl2F2N3O3/c18-8-3-6(5-23-15(8)19)24-17(26)12-10-4-9(25)14(27-10)11(12)7-1-2-22-16(21)13(7)20/h1-5,25H,(H,24,26). The second-order valence-corrected chi connectivity index (χ2v) is 6.25. The molecule has 4 aromatic heterocycles. The maximum Gasteiger partial charge on any atom is 0.260 e. The summed E-state index contributed by atoms with van der Waals surface area (Å²) in [5, 5.41) is 12.6. The molecule has 0 aromatic carbocycles. The molecular weight excluding hydrogens is 403 g/mol. The number of amides is 1. The second kappa shape index (κ2) is 6.33. The molecule has 6 nitrogen and oxygen atoms in total. The lowest BCUT2D eigenvalue weighted by Gasteiger charge is -2.09. The van der Waals surface area contributed by atoms with Crippen LogP contribution < -0.4 is 5.32 Å². The first-order valence-electron chi connectivity index (χ1n) is 7.37. The molecule has 0 spiro atoms. The number of rotatable bonds is 3. The third kappa shape index (κ3) is 2.83. The number of hydrogen-bond acceptors (Lipinski definition) is 5. The number of phenols is 1. The van der Waals surface area contributed by atoms with E-state index in [2.05, 4.69) is 15.3 Å². The van der Waals surface area contributed by atoms with Crippen molar-refractivity contribution in [3.8, 4) is 16.9 Å². The molecule has 0 saturated carbocycles. The van der Waals surface area contributed by atoms with Gasteiger partial charge in [-0.1, -0.05) is 23.2 Å². The van der Waals surface area contributed by atoms with Crippen LogP contribution in [0.25, 0.3) is 22.3 Å². The highest BCUT2D eigenvalue weighted by Crippen LogP contribution is 2.44. The minimum absolute atomic E-state index is 0.000333. The Morgan fingerprint density at radius 1 is 1.22 bits per heavy atom. The van der Waals surface area contributed by atoms with E-state index >= 15 is 0 Å². The number of aromatic nitrogens is 2. The van der Waals surface area contributed by atoms with Crippen molar-refractivity contribution >= 4 is 46.0 Å². The van der Waals surface area contributed by atoms with E-state index in [1.54, 1.807) is 0 Å². The smallest absolute Gasteiger partial charge is 0.260 e. The number of carbonyl (C=O) groups excluding carboxylic acids is 1. The van der Waals surface area contributed by atoms with Gasteiger partial charge in [0.05, 0.1) is 22.5 Å². The van der Waals surface area contributed by atoms with Crippen LogP contribution >= 0.6 is 23.2 Å². The van der Waals surface area contributed by atoms with Crippen LogP contribution in [0.1, 0.15) is 10.4 Å². The summed E-state index contributed by atoms with van der Waals surface area (Å²) < 4.78 is 33.1. The molecule has 0 unspecified atom stereocenters. The van der Waals surface area contributed by atoms with Crippen molar-refractivity contribution in [2.45, 2.75) is 0 Å². The lowest BCUT2D eigenvalue weighted by atomic mass is 9.99. The molecule has 10 heteroatoms. The van der Waals surface area contributed by atoms with E-state index in [4.69, 9.17) is 27.6 Å². The molecule has 0 saturated heterocycles. The third-order valence-corrected chi connectivity index (χ3v) is 4.52. The Morgan fingerprint density at radius 2 is 2.00 bits per heavy atom. The Balaban J connectivity index is 1.83. The maximum absolute atomic E-state index is 14.2. The molecule has 2 N–H and O–H groups in total. The highest BCUT2D eigenvalue weighted by Gasteiger charge is 2.29. The van der Waals surface area contributed by atoms with E-state index < -0.39 is 17.7 Å². The fourth-order valence-electron chi connectivity index (χ4n) is 2.70. The van der Waals surface area contributed by atoms with Crippen LogP contribution in [0.3, 0.4) is 0 Å². The summed E-state index contributed by atoms with van der Waals surface area (Å²) in [6.45, 7) is 0. The molecular formula is C17H7Cl2F2N3O3. The molecule has 0 aliphatic rings. The van der Waals surface area contributed by atoms with Gasteiger partial charge in [0.2, 0.25) is 5.95 Å². The van der Waals surface area contributed by atoms with Crippen molar-refractivity contribution in [3.05, 3.63) is 58.1 Å². The molecule has 0 fully saturated rings. The van der Waals surface area contributed by atoms with E-state index in [0.717, 1.165) is 6.20 Å². The lowest BCUT2D eigenvalue weighted by Crippen LogP contribution is -2.13. The number of carbonyl (C=O) groups is 1. The Hall–Kier alpha value is -2.97. The fraction of sp³-hybridized carbons (Fsp3) is 0. The highest BCUT2D eigenvalue weighted by atomic mass is 35.5. The van der Waals surface area contributed by atoms with Crippen molar-refractivity contribution < 1.29 is 23.1 Å². The van der Waals surface area contributed by atoms with Gasteiger partial charge in [0.15, 0.2) is 17.1 Å². The van der Waals surface area contributed by atoms with Crippen molar-refractivity contribution in [3.63, 3.8) is 0 Å². The molecule has 4 aromatic rings. The molecule has 136 valence electrons. The molecule has 4 rings (SSSR count). The average Bonchev–Trinajstić information content (AvgIpc) is 3.17. The Bertz CT molecular complexity index is 1200. The molecule has 0 aliphatic carbocycles. The first-order valence-corrected chi connectivity index (χ1v) is 8.13. The molecule has 0 radical (unpaired) electrons. The first-order chi connectivity index (χ1) is 12.9. The van der Waals surface area contributed by atoms with E-state index in [9.17, 15) is 18.7 Å². The summed E-state index contributed by atoms with van der Waals surface area (Å²) in [5.41, 5.74) is -0.368. The minimum atomic E-state index is -1.34. The van der Waals surface area contributed by atoms with Gasteiger partial charge in [0, 0.05) is 23.4 Å². The van der Waals surface area contributed by atoms with Gasteiger partial charge in [0.25, 0.3) is 5.91 Å². The van der Waals surface area contributed by atoms with Crippen LogP contribution in [-0.4, -0.2) is 21.0 Å².